The zero-order valence-corrected chi connectivity index (χ0v) is 21.0. The Morgan fingerprint density at radius 3 is 2.58 bits per heavy atom. The van der Waals surface area contributed by atoms with Gasteiger partial charge >= 0.3 is 0 Å². The van der Waals surface area contributed by atoms with E-state index in [2.05, 4.69) is 58.3 Å². The fourth-order valence-corrected chi connectivity index (χ4v) is 4.28. The van der Waals surface area contributed by atoms with E-state index >= 15 is 0 Å². The summed E-state index contributed by atoms with van der Waals surface area (Å²) in [6.45, 7) is 16.3. The second-order valence-electron chi connectivity index (χ2n) is 9.00. The van der Waals surface area contributed by atoms with Crippen molar-refractivity contribution in [1.29, 1.82) is 0 Å². The number of ether oxygens (including phenoxy) is 1. The number of allylic oxidation sites excluding steroid dienone is 5. The number of hydrogen-bond donors (Lipinski definition) is 0. The molecule has 1 aliphatic rings. The van der Waals surface area contributed by atoms with Crippen LogP contribution in [-0.2, 0) is 11.3 Å². The van der Waals surface area contributed by atoms with Crippen molar-refractivity contribution in [2.24, 2.45) is 5.92 Å². The van der Waals surface area contributed by atoms with Gasteiger partial charge in [-0.3, -0.25) is 0 Å². The molecule has 0 saturated heterocycles. The third-order valence-electron chi connectivity index (χ3n) is 6.43. The van der Waals surface area contributed by atoms with Gasteiger partial charge < -0.3 is 14.2 Å². The molecule has 1 aliphatic carbocycles. The molecule has 0 aromatic carbocycles. The molecule has 0 spiro atoms. The molecule has 0 bridgehead atoms. The van der Waals surface area contributed by atoms with Crippen LogP contribution in [0.4, 0.5) is 0 Å². The van der Waals surface area contributed by atoms with E-state index in [1.54, 1.807) is 6.08 Å². The summed E-state index contributed by atoms with van der Waals surface area (Å²) in [5.74, 6) is 2.27. The molecule has 0 aliphatic heterocycles. The molecular formula is C26H41ClN2O2. The summed E-state index contributed by atoms with van der Waals surface area (Å²) in [6.07, 6.45) is 10.3. The number of nitrogens with zero attached hydrogens (tertiary/aromatic N) is 2. The maximum absolute atomic E-state index is 6.56. The first-order valence-corrected chi connectivity index (χ1v) is 12.3. The fourth-order valence-electron chi connectivity index (χ4n) is 3.94. The van der Waals surface area contributed by atoms with Crippen LogP contribution in [-0.4, -0.2) is 41.7 Å². The monoisotopic (exact) mass is 448 g/mol. The van der Waals surface area contributed by atoms with Gasteiger partial charge in [0, 0.05) is 23.4 Å². The molecule has 1 fully saturated rings. The lowest BCUT2D eigenvalue weighted by atomic mass is 9.96. The Kier molecular flexibility index (Phi) is 10.5. The van der Waals surface area contributed by atoms with Crippen molar-refractivity contribution in [3.8, 4) is 0 Å². The number of halogens is 1. The summed E-state index contributed by atoms with van der Waals surface area (Å²) < 4.78 is 12.4. The van der Waals surface area contributed by atoms with Gasteiger partial charge in [0.05, 0.1) is 12.7 Å². The number of aromatic nitrogens is 1. The van der Waals surface area contributed by atoms with Gasteiger partial charge in [-0.25, -0.2) is 0 Å². The molecule has 2 unspecified atom stereocenters. The third kappa shape index (κ3) is 7.06. The Labute approximate surface area is 194 Å². The van der Waals surface area contributed by atoms with Crippen LogP contribution in [0, 0.1) is 5.92 Å². The normalized spacial score (nSPS) is 17.5. The topological polar surface area (TPSA) is 38.5 Å². The Hall–Kier alpha value is -1.36. The minimum Gasteiger partial charge on any atom is -0.373 e. The molecule has 5 heteroatoms. The predicted molar refractivity (Wildman–Crippen MR) is 132 cm³/mol. The highest BCUT2D eigenvalue weighted by Crippen LogP contribution is 2.44. The fraction of sp³-hybridized carbons (Fsp3) is 0.654. The summed E-state index contributed by atoms with van der Waals surface area (Å²) in [7, 11) is 2.20. The molecule has 0 amide bonds. The maximum atomic E-state index is 6.56. The van der Waals surface area contributed by atoms with Gasteiger partial charge in [0.15, 0.2) is 0 Å². The minimum atomic E-state index is 0.180. The third-order valence-corrected chi connectivity index (χ3v) is 6.69. The Balaban J connectivity index is 2.29. The molecule has 31 heavy (non-hydrogen) atoms. The van der Waals surface area contributed by atoms with Gasteiger partial charge in [-0.05, 0) is 63.3 Å². The molecule has 0 radical (unpaired) electrons. The van der Waals surface area contributed by atoms with E-state index in [1.165, 1.54) is 0 Å². The van der Waals surface area contributed by atoms with E-state index in [9.17, 15) is 0 Å². The van der Waals surface area contributed by atoms with Gasteiger partial charge in [-0.15, -0.1) is 11.6 Å². The van der Waals surface area contributed by atoms with E-state index in [0.29, 0.717) is 30.4 Å². The highest BCUT2D eigenvalue weighted by Gasteiger charge is 2.34. The highest BCUT2D eigenvalue weighted by molar-refractivity contribution is 6.23. The van der Waals surface area contributed by atoms with Crippen molar-refractivity contribution < 1.29 is 9.26 Å². The lowest BCUT2D eigenvalue weighted by Gasteiger charge is -2.31. The zero-order valence-electron chi connectivity index (χ0n) is 20.3. The van der Waals surface area contributed by atoms with Gasteiger partial charge in [0.1, 0.15) is 11.5 Å². The lowest BCUT2D eigenvalue weighted by molar-refractivity contribution is -0.0112. The standard InChI is InChI=1S/C26H41ClN2O2/c1-8-11-12-19(6)22(16-27)25-23(26(31-28-25)20-13-14-20)17-30-24(18(4)5)15-21(9-2)29(7)10-3/h8,11-12,18,20-21,24H,1,9-10,13-17H2,2-7H3/b12-11-,22-19+. The van der Waals surface area contributed by atoms with Crippen molar-refractivity contribution in [3.63, 3.8) is 0 Å². The van der Waals surface area contributed by atoms with Crippen LogP contribution in [0.3, 0.4) is 0 Å². The molecular weight excluding hydrogens is 408 g/mol. The Morgan fingerprint density at radius 1 is 1.35 bits per heavy atom. The summed E-state index contributed by atoms with van der Waals surface area (Å²) in [6, 6.07) is 0.520. The van der Waals surface area contributed by atoms with Crippen LogP contribution in [0.5, 0.6) is 0 Å². The van der Waals surface area contributed by atoms with Gasteiger partial charge in [0.2, 0.25) is 0 Å². The van der Waals surface area contributed by atoms with E-state index in [-0.39, 0.29) is 6.10 Å². The first-order valence-electron chi connectivity index (χ1n) is 11.7. The first-order chi connectivity index (χ1) is 14.9. The molecule has 1 saturated carbocycles. The van der Waals surface area contributed by atoms with E-state index < -0.39 is 0 Å². The van der Waals surface area contributed by atoms with Crippen molar-refractivity contribution in [3.05, 3.63) is 47.4 Å². The first kappa shape index (κ1) is 25.9. The number of hydrogen-bond acceptors (Lipinski definition) is 4. The summed E-state index contributed by atoms with van der Waals surface area (Å²) in [4.78, 5) is 2.42. The Bertz CT molecular complexity index is 761. The van der Waals surface area contributed by atoms with E-state index in [0.717, 1.165) is 60.4 Å². The average molecular weight is 449 g/mol. The zero-order chi connectivity index (χ0) is 23.0. The molecule has 1 aromatic heterocycles. The van der Waals surface area contributed by atoms with Gasteiger partial charge in [0.25, 0.3) is 0 Å². The van der Waals surface area contributed by atoms with Crippen LogP contribution in [0.25, 0.3) is 5.57 Å². The molecule has 174 valence electrons. The second kappa shape index (κ2) is 12.6. The highest BCUT2D eigenvalue weighted by atomic mass is 35.5. The largest absolute Gasteiger partial charge is 0.373 e. The average Bonchev–Trinajstić information content (AvgIpc) is 3.53. The van der Waals surface area contributed by atoms with Crippen LogP contribution < -0.4 is 0 Å². The molecule has 1 aromatic rings. The van der Waals surface area contributed by atoms with Crippen molar-refractivity contribution >= 4 is 17.2 Å². The van der Waals surface area contributed by atoms with Crippen molar-refractivity contribution in [2.45, 2.75) is 85.0 Å². The molecule has 2 atom stereocenters. The summed E-state index contributed by atoms with van der Waals surface area (Å²) in [5.41, 5.74) is 3.99. The SMILES string of the molecule is C=C/C=C\C(C)=C(/CCl)c1noc(C2CC2)c1COC(CC(CC)N(C)CC)C(C)C. The van der Waals surface area contributed by atoms with Gasteiger partial charge in [-0.2, -0.15) is 0 Å². The molecule has 4 nitrogen and oxygen atoms in total. The number of rotatable bonds is 14. The van der Waals surface area contributed by atoms with Crippen LogP contribution in [0.15, 0.2) is 34.9 Å². The second-order valence-corrected chi connectivity index (χ2v) is 9.27. The molecule has 1 heterocycles. The van der Waals surface area contributed by atoms with Crippen LogP contribution >= 0.6 is 11.6 Å². The Morgan fingerprint density at radius 2 is 2.06 bits per heavy atom. The minimum absolute atomic E-state index is 0.180. The van der Waals surface area contributed by atoms with Gasteiger partial charge in [-0.1, -0.05) is 57.7 Å². The molecule has 2 rings (SSSR count). The summed E-state index contributed by atoms with van der Waals surface area (Å²) >= 11 is 6.36. The smallest absolute Gasteiger partial charge is 0.145 e. The maximum Gasteiger partial charge on any atom is 0.145 e. The molecule has 0 N–H and O–H groups in total. The van der Waals surface area contributed by atoms with Crippen molar-refractivity contribution in [1.82, 2.24) is 10.1 Å². The quantitative estimate of drug-likeness (QED) is 0.227. The van der Waals surface area contributed by atoms with Crippen LogP contribution in [0.2, 0.25) is 0 Å². The van der Waals surface area contributed by atoms with E-state index in [1.807, 2.05) is 12.2 Å². The lowest BCUT2D eigenvalue weighted by Crippen LogP contribution is -2.36. The number of alkyl halides is 1. The van der Waals surface area contributed by atoms with Crippen molar-refractivity contribution in [2.75, 3.05) is 19.5 Å². The summed E-state index contributed by atoms with van der Waals surface area (Å²) in [5, 5.41) is 4.45. The van der Waals surface area contributed by atoms with E-state index in [4.69, 9.17) is 20.9 Å². The predicted octanol–water partition coefficient (Wildman–Crippen LogP) is 6.97. The van der Waals surface area contributed by atoms with Crippen LogP contribution in [0.1, 0.15) is 83.2 Å².